The first-order valence-electron chi connectivity index (χ1n) is 8.11. The van der Waals surface area contributed by atoms with Crippen LogP contribution in [0.4, 0.5) is 13.2 Å². The van der Waals surface area contributed by atoms with Crippen molar-refractivity contribution in [1.82, 2.24) is 15.5 Å². The van der Waals surface area contributed by atoms with E-state index in [1.807, 2.05) is 25.5 Å². The molecule has 2 rings (SSSR count). The van der Waals surface area contributed by atoms with E-state index in [2.05, 4.69) is 26.6 Å². The van der Waals surface area contributed by atoms with Crippen molar-refractivity contribution < 1.29 is 13.2 Å². The average molecular weight is 512 g/mol. The number of benzene rings is 1. The van der Waals surface area contributed by atoms with Gasteiger partial charge in [-0.05, 0) is 43.2 Å². The van der Waals surface area contributed by atoms with Gasteiger partial charge in [-0.25, -0.2) is 0 Å². The van der Waals surface area contributed by atoms with Crippen LogP contribution in [-0.4, -0.2) is 38.5 Å². The number of halogens is 4. The number of thiophene rings is 1. The highest BCUT2D eigenvalue weighted by Crippen LogP contribution is 2.29. The van der Waals surface area contributed by atoms with Gasteiger partial charge in [0, 0.05) is 25.0 Å². The fourth-order valence-electron chi connectivity index (χ4n) is 2.48. The van der Waals surface area contributed by atoms with E-state index in [1.165, 1.54) is 10.9 Å². The molecule has 2 N–H and O–H groups in total. The van der Waals surface area contributed by atoms with E-state index in [-0.39, 0.29) is 36.6 Å². The van der Waals surface area contributed by atoms with Crippen LogP contribution in [0.15, 0.2) is 46.8 Å². The monoisotopic (exact) mass is 512 g/mol. The zero-order chi connectivity index (χ0) is 19.2. The van der Waals surface area contributed by atoms with Crippen LogP contribution in [0.1, 0.15) is 22.0 Å². The van der Waals surface area contributed by atoms with Gasteiger partial charge in [-0.15, -0.1) is 35.3 Å². The van der Waals surface area contributed by atoms with E-state index in [0.717, 1.165) is 12.1 Å². The Hall–Kier alpha value is -1.33. The SMILES string of the molecule is CN=C(NCc1cccc(C(F)(F)F)c1)NCC(c1cccs1)N(C)C.I. The molecule has 0 spiro atoms. The van der Waals surface area contributed by atoms with Crippen molar-refractivity contribution in [2.75, 3.05) is 27.7 Å². The molecule has 1 unspecified atom stereocenters. The molecule has 0 aliphatic heterocycles. The lowest BCUT2D eigenvalue weighted by atomic mass is 10.1. The number of nitrogens with one attached hydrogen (secondary N) is 2. The van der Waals surface area contributed by atoms with Crippen LogP contribution in [0, 0.1) is 0 Å². The molecule has 1 aromatic heterocycles. The second-order valence-electron chi connectivity index (χ2n) is 6.00. The summed E-state index contributed by atoms with van der Waals surface area (Å²) >= 11 is 1.68. The van der Waals surface area contributed by atoms with E-state index in [9.17, 15) is 13.2 Å². The molecule has 1 aromatic carbocycles. The number of rotatable bonds is 6. The van der Waals surface area contributed by atoms with Crippen LogP contribution in [0.3, 0.4) is 0 Å². The number of hydrogen-bond acceptors (Lipinski definition) is 3. The number of likely N-dealkylation sites (N-methyl/N-ethyl adjacent to an activating group) is 1. The van der Waals surface area contributed by atoms with Gasteiger partial charge in [0.2, 0.25) is 0 Å². The van der Waals surface area contributed by atoms with Gasteiger partial charge in [0.05, 0.1) is 11.6 Å². The minimum atomic E-state index is -4.34. The van der Waals surface area contributed by atoms with Gasteiger partial charge < -0.3 is 15.5 Å². The molecule has 0 aliphatic rings. The molecule has 0 amide bonds. The molecule has 0 radical (unpaired) electrons. The molecule has 150 valence electrons. The van der Waals surface area contributed by atoms with Crippen molar-refractivity contribution >= 4 is 41.3 Å². The molecule has 0 saturated heterocycles. The summed E-state index contributed by atoms with van der Waals surface area (Å²) in [6, 6.07) is 9.56. The van der Waals surface area contributed by atoms with Crippen molar-refractivity contribution in [2.45, 2.75) is 18.8 Å². The van der Waals surface area contributed by atoms with Gasteiger partial charge >= 0.3 is 6.18 Å². The fraction of sp³-hybridized carbons (Fsp3) is 0.389. The Balaban J connectivity index is 0.00000364. The Morgan fingerprint density at radius 2 is 1.93 bits per heavy atom. The molecule has 0 aliphatic carbocycles. The first-order valence-corrected chi connectivity index (χ1v) is 8.99. The number of guanidine groups is 1. The summed E-state index contributed by atoms with van der Waals surface area (Å²) in [6.07, 6.45) is -4.34. The van der Waals surface area contributed by atoms with Crippen molar-refractivity contribution in [1.29, 1.82) is 0 Å². The molecule has 27 heavy (non-hydrogen) atoms. The first kappa shape index (κ1) is 23.7. The van der Waals surface area contributed by atoms with E-state index < -0.39 is 11.7 Å². The van der Waals surface area contributed by atoms with E-state index in [0.29, 0.717) is 18.1 Å². The van der Waals surface area contributed by atoms with E-state index >= 15 is 0 Å². The Bertz CT molecular complexity index is 718. The molecule has 0 saturated carbocycles. The summed E-state index contributed by atoms with van der Waals surface area (Å²) < 4.78 is 38.4. The van der Waals surface area contributed by atoms with Gasteiger partial charge in [0.25, 0.3) is 0 Å². The molecule has 0 fully saturated rings. The molecule has 1 heterocycles. The highest BCUT2D eigenvalue weighted by atomic mass is 127. The normalized spacial score (nSPS) is 13.2. The topological polar surface area (TPSA) is 39.7 Å². The summed E-state index contributed by atoms with van der Waals surface area (Å²) in [4.78, 5) is 7.49. The maximum Gasteiger partial charge on any atom is 0.416 e. The van der Waals surface area contributed by atoms with Gasteiger partial charge in [-0.2, -0.15) is 13.2 Å². The highest BCUT2D eigenvalue weighted by Gasteiger charge is 2.30. The molecule has 4 nitrogen and oxygen atoms in total. The number of alkyl halides is 3. The van der Waals surface area contributed by atoms with Crippen LogP contribution in [0.5, 0.6) is 0 Å². The summed E-state index contributed by atoms with van der Waals surface area (Å²) in [5, 5.41) is 8.33. The Kier molecular flexibility index (Phi) is 9.54. The molecule has 2 aromatic rings. The number of nitrogens with zero attached hydrogens (tertiary/aromatic N) is 2. The first-order chi connectivity index (χ1) is 12.3. The van der Waals surface area contributed by atoms with Crippen molar-refractivity contribution in [3.63, 3.8) is 0 Å². The Labute approximate surface area is 178 Å². The van der Waals surface area contributed by atoms with Gasteiger partial charge in [0.1, 0.15) is 0 Å². The van der Waals surface area contributed by atoms with Crippen molar-refractivity contribution in [2.24, 2.45) is 4.99 Å². The lowest BCUT2D eigenvalue weighted by Crippen LogP contribution is -2.41. The van der Waals surface area contributed by atoms with E-state index in [1.54, 1.807) is 24.5 Å². The summed E-state index contributed by atoms with van der Waals surface area (Å²) in [5.41, 5.74) is -0.102. The zero-order valence-electron chi connectivity index (χ0n) is 15.4. The van der Waals surface area contributed by atoms with Crippen LogP contribution in [0.25, 0.3) is 0 Å². The Morgan fingerprint density at radius 3 is 2.48 bits per heavy atom. The van der Waals surface area contributed by atoms with Gasteiger partial charge in [-0.1, -0.05) is 18.2 Å². The van der Waals surface area contributed by atoms with Gasteiger partial charge in [-0.3, -0.25) is 4.99 Å². The Morgan fingerprint density at radius 1 is 1.19 bits per heavy atom. The second-order valence-corrected chi connectivity index (χ2v) is 6.98. The third kappa shape index (κ3) is 7.30. The van der Waals surface area contributed by atoms with Crippen LogP contribution < -0.4 is 10.6 Å². The van der Waals surface area contributed by atoms with Crippen molar-refractivity contribution in [3.05, 3.63) is 57.8 Å². The maximum atomic E-state index is 12.8. The van der Waals surface area contributed by atoms with Crippen LogP contribution in [-0.2, 0) is 12.7 Å². The minimum Gasteiger partial charge on any atom is -0.354 e. The summed E-state index contributed by atoms with van der Waals surface area (Å²) in [7, 11) is 5.65. The lowest BCUT2D eigenvalue weighted by molar-refractivity contribution is -0.137. The second kappa shape index (κ2) is 10.9. The average Bonchev–Trinajstić information content (AvgIpc) is 3.11. The zero-order valence-corrected chi connectivity index (χ0v) is 18.5. The van der Waals surface area contributed by atoms with Crippen molar-refractivity contribution in [3.8, 4) is 0 Å². The standard InChI is InChI=1S/C18H23F3N4S.HI/c1-22-17(24-12-15(25(2)3)16-8-5-9-26-16)23-11-13-6-4-7-14(10-13)18(19,20)21;/h4-10,15H,11-12H2,1-3H3,(H2,22,23,24);1H. The molecule has 9 heteroatoms. The number of aliphatic imine (C=N–C) groups is 1. The van der Waals surface area contributed by atoms with Gasteiger partial charge in [0.15, 0.2) is 5.96 Å². The smallest absolute Gasteiger partial charge is 0.354 e. The largest absolute Gasteiger partial charge is 0.416 e. The third-order valence-electron chi connectivity index (χ3n) is 3.90. The van der Waals surface area contributed by atoms with Crippen LogP contribution in [0.2, 0.25) is 0 Å². The summed E-state index contributed by atoms with van der Waals surface area (Å²) in [6.45, 7) is 0.894. The minimum absolute atomic E-state index is 0. The van der Waals surface area contributed by atoms with E-state index in [4.69, 9.17) is 0 Å². The predicted octanol–water partition coefficient (Wildman–Crippen LogP) is 4.35. The highest BCUT2D eigenvalue weighted by molar-refractivity contribution is 14.0. The lowest BCUT2D eigenvalue weighted by Gasteiger charge is -2.24. The predicted molar refractivity (Wildman–Crippen MR) is 116 cm³/mol. The molecular weight excluding hydrogens is 488 g/mol. The molecule has 0 bridgehead atoms. The molecular formula is C18H24F3IN4S. The third-order valence-corrected chi connectivity index (χ3v) is 4.87. The maximum absolute atomic E-state index is 12.8. The summed E-state index contributed by atoms with van der Waals surface area (Å²) in [5.74, 6) is 0.547. The van der Waals surface area contributed by atoms with Crippen LogP contribution >= 0.6 is 35.3 Å². The molecule has 1 atom stereocenters. The number of hydrogen-bond donors (Lipinski definition) is 2. The fourth-order valence-corrected chi connectivity index (χ4v) is 3.40. The quantitative estimate of drug-likeness (QED) is 0.344.